The van der Waals surface area contributed by atoms with Crippen LogP contribution in [0.2, 0.25) is 0 Å². The summed E-state index contributed by atoms with van der Waals surface area (Å²) in [5.41, 5.74) is 6.59. The fourth-order valence-electron chi connectivity index (χ4n) is 1.77. The van der Waals surface area contributed by atoms with Crippen LogP contribution in [0.25, 0.3) is 0 Å². The molecule has 20 heavy (non-hydrogen) atoms. The van der Waals surface area contributed by atoms with Gasteiger partial charge in [-0.25, -0.2) is 17.1 Å². The molecule has 1 aromatic rings. The van der Waals surface area contributed by atoms with Crippen molar-refractivity contribution in [3.63, 3.8) is 0 Å². The lowest BCUT2D eigenvalue weighted by molar-refractivity contribution is 0.396. The molecular weight excluding hydrogens is 279 g/mol. The zero-order valence-corrected chi connectivity index (χ0v) is 13.2. The third-order valence-electron chi connectivity index (χ3n) is 3.41. The van der Waals surface area contributed by atoms with E-state index in [4.69, 9.17) is 5.73 Å². The number of aryl methyl sites for hydroxylation is 1. The fourth-order valence-corrected chi connectivity index (χ4v) is 2.99. The minimum atomic E-state index is -3.81. The third kappa shape index (κ3) is 4.01. The maximum atomic E-state index is 13.8. The van der Waals surface area contributed by atoms with Crippen molar-refractivity contribution < 1.29 is 12.8 Å². The van der Waals surface area contributed by atoms with E-state index in [2.05, 4.69) is 0 Å². The SMILES string of the molecule is Cc1ccc(S(=O)(=O)N(C)CCC(N)C(C)C)c(F)c1. The second-order valence-corrected chi connectivity index (χ2v) is 7.47. The number of hydrogen-bond acceptors (Lipinski definition) is 3. The van der Waals surface area contributed by atoms with Gasteiger partial charge in [0.15, 0.2) is 0 Å². The van der Waals surface area contributed by atoms with E-state index in [1.54, 1.807) is 13.0 Å². The Morgan fingerprint density at radius 3 is 2.45 bits per heavy atom. The molecule has 4 nitrogen and oxygen atoms in total. The molecule has 0 aliphatic carbocycles. The molecule has 0 radical (unpaired) electrons. The average Bonchev–Trinajstić information content (AvgIpc) is 2.34. The van der Waals surface area contributed by atoms with Gasteiger partial charge in [-0.2, -0.15) is 0 Å². The zero-order chi connectivity index (χ0) is 15.5. The van der Waals surface area contributed by atoms with Gasteiger partial charge in [0.1, 0.15) is 10.7 Å². The van der Waals surface area contributed by atoms with Gasteiger partial charge in [0.25, 0.3) is 0 Å². The molecule has 0 fully saturated rings. The molecule has 6 heteroatoms. The van der Waals surface area contributed by atoms with Crippen molar-refractivity contribution in [1.29, 1.82) is 0 Å². The summed E-state index contributed by atoms with van der Waals surface area (Å²) < 4.78 is 39.5. The van der Waals surface area contributed by atoms with Crippen molar-refractivity contribution in [1.82, 2.24) is 4.31 Å². The van der Waals surface area contributed by atoms with Gasteiger partial charge in [0.05, 0.1) is 0 Å². The summed E-state index contributed by atoms with van der Waals surface area (Å²) in [6.07, 6.45) is 0.543. The molecule has 0 amide bonds. The number of benzene rings is 1. The summed E-state index contributed by atoms with van der Waals surface area (Å²) in [6.45, 7) is 5.96. The summed E-state index contributed by atoms with van der Waals surface area (Å²) in [5.74, 6) is -0.438. The summed E-state index contributed by atoms with van der Waals surface area (Å²) in [4.78, 5) is -0.288. The van der Waals surface area contributed by atoms with Crippen molar-refractivity contribution in [2.24, 2.45) is 11.7 Å². The van der Waals surface area contributed by atoms with Gasteiger partial charge in [-0.05, 0) is 37.0 Å². The quantitative estimate of drug-likeness (QED) is 0.875. The Hall–Kier alpha value is -0.980. The molecule has 0 aromatic heterocycles. The van der Waals surface area contributed by atoms with Crippen molar-refractivity contribution >= 4 is 10.0 Å². The standard InChI is InChI=1S/C14H23FN2O2S/c1-10(2)13(16)7-8-17(4)20(18,19)14-6-5-11(3)9-12(14)15/h5-6,9-10,13H,7-8,16H2,1-4H3. The highest BCUT2D eigenvalue weighted by atomic mass is 32.2. The molecule has 0 heterocycles. The fraction of sp³-hybridized carbons (Fsp3) is 0.571. The Kier molecular flexibility index (Phi) is 5.68. The molecule has 0 saturated carbocycles. The van der Waals surface area contributed by atoms with Crippen molar-refractivity contribution in [3.05, 3.63) is 29.6 Å². The Bertz CT molecular complexity index is 558. The lowest BCUT2D eigenvalue weighted by atomic mass is 10.0. The minimum Gasteiger partial charge on any atom is -0.327 e. The van der Waals surface area contributed by atoms with E-state index in [9.17, 15) is 12.8 Å². The molecule has 0 aliphatic heterocycles. The highest BCUT2D eigenvalue weighted by molar-refractivity contribution is 7.89. The predicted octanol–water partition coefficient (Wildman–Crippen LogP) is 2.13. The van der Waals surface area contributed by atoms with E-state index in [1.807, 2.05) is 13.8 Å². The van der Waals surface area contributed by atoms with E-state index in [0.717, 1.165) is 4.31 Å². The molecule has 0 saturated heterocycles. The first-order valence-corrected chi connectivity index (χ1v) is 8.08. The molecule has 1 atom stereocenters. The average molecular weight is 302 g/mol. The largest absolute Gasteiger partial charge is 0.327 e. The second-order valence-electron chi connectivity index (χ2n) is 5.46. The number of nitrogens with two attached hydrogens (primary N) is 1. The predicted molar refractivity (Wildman–Crippen MR) is 78.4 cm³/mol. The van der Waals surface area contributed by atoms with E-state index in [0.29, 0.717) is 12.0 Å². The highest BCUT2D eigenvalue weighted by Gasteiger charge is 2.24. The molecule has 0 aliphatic rings. The Morgan fingerprint density at radius 1 is 1.35 bits per heavy atom. The van der Waals surface area contributed by atoms with Crippen LogP contribution in [0.3, 0.4) is 0 Å². The normalized spacial score (nSPS) is 14.0. The van der Waals surface area contributed by atoms with Gasteiger partial charge in [0.2, 0.25) is 10.0 Å². The van der Waals surface area contributed by atoms with E-state index < -0.39 is 15.8 Å². The topological polar surface area (TPSA) is 63.4 Å². The molecule has 0 spiro atoms. The Labute approximate surface area is 120 Å². The summed E-state index contributed by atoms with van der Waals surface area (Å²) in [6, 6.07) is 4.04. The number of halogens is 1. The zero-order valence-electron chi connectivity index (χ0n) is 12.4. The highest BCUT2D eigenvalue weighted by Crippen LogP contribution is 2.20. The summed E-state index contributed by atoms with van der Waals surface area (Å²) in [5, 5.41) is 0. The van der Waals surface area contributed by atoms with Crippen LogP contribution in [0.5, 0.6) is 0 Å². The van der Waals surface area contributed by atoms with Crippen molar-refractivity contribution in [3.8, 4) is 0 Å². The molecule has 0 bridgehead atoms. The van der Waals surface area contributed by atoms with Gasteiger partial charge in [0, 0.05) is 19.6 Å². The Morgan fingerprint density at radius 2 is 1.95 bits per heavy atom. The lowest BCUT2D eigenvalue weighted by Gasteiger charge is -2.21. The molecular formula is C14H23FN2O2S. The smallest absolute Gasteiger partial charge is 0.245 e. The monoisotopic (exact) mass is 302 g/mol. The van der Waals surface area contributed by atoms with Crippen molar-refractivity contribution in [2.75, 3.05) is 13.6 Å². The molecule has 114 valence electrons. The van der Waals surface area contributed by atoms with Crippen LogP contribution in [0.4, 0.5) is 4.39 Å². The van der Waals surface area contributed by atoms with E-state index in [-0.39, 0.29) is 23.4 Å². The molecule has 1 aromatic carbocycles. The van der Waals surface area contributed by atoms with E-state index in [1.165, 1.54) is 19.2 Å². The third-order valence-corrected chi connectivity index (χ3v) is 5.30. The maximum Gasteiger partial charge on any atom is 0.245 e. The Balaban J connectivity index is 2.87. The first kappa shape index (κ1) is 17.1. The van der Waals surface area contributed by atoms with Gasteiger partial charge < -0.3 is 5.73 Å². The molecule has 1 unspecified atom stereocenters. The van der Waals surface area contributed by atoms with Crippen molar-refractivity contribution in [2.45, 2.75) is 38.1 Å². The summed E-state index contributed by atoms with van der Waals surface area (Å²) in [7, 11) is -2.36. The first-order valence-electron chi connectivity index (χ1n) is 6.64. The lowest BCUT2D eigenvalue weighted by Crippen LogP contribution is -2.35. The van der Waals surface area contributed by atoms with Gasteiger partial charge in [-0.1, -0.05) is 19.9 Å². The van der Waals surface area contributed by atoms with Crippen LogP contribution >= 0.6 is 0 Å². The van der Waals surface area contributed by atoms with Gasteiger partial charge in [-0.3, -0.25) is 0 Å². The van der Waals surface area contributed by atoms with E-state index >= 15 is 0 Å². The van der Waals surface area contributed by atoms with Crippen LogP contribution < -0.4 is 5.73 Å². The van der Waals surface area contributed by atoms with Gasteiger partial charge in [-0.15, -0.1) is 0 Å². The second kappa shape index (κ2) is 6.65. The van der Waals surface area contributed by atoms with Crippen LogP contribution in [0.1, 0.15) is 25.8 Å². The minimum absolute atomic E-state index is 0.0736. The molecule has 2 N–H and O–H groups in total. The number of nitrogens with zero attached hydrogens (tertiary/aromatic N) is 1. The maximum absolute atomic E-state index is 13.8. The first-order chi connectivity index (χ1) is 9.16. The summed E-state index contributed by atoms with van der Waals surface area (Å²) >= 11 is 0. The molecule has 1 rings (SSSR count). The van der Waals surface area contributed by atoms with Crippen LogP contribution in [-0.2, 0) is 10.0 Å². The number of hydrogen-bond donors (Lipinski definition) is 1. The van der Waals surface area contributed by atoms with Crippen LogP contribution in [-0.4, -0.2) is 32.4 Å². The van der Waals surface area contributed by atoms with Crippen LogP contribution in [0, 0.1) is 18.7 Å². The number of sulfonamides is 1. The van der Waals surface area contributed by atoms with Gasteiger partial charge >= 0.3 is 0 Å². The van der Waals surface area contributed by atoms with Crippen LogP contribution in [0.15, 0.2) is 23.1 Å². The number of rotatable bonds is 6.